The third-order valence-electron chi connectivity index (χ3n) is 5.46. The minimum Gasteiger partial charge on any atom is -0.488 e. The number of nitrogens with zero attached hydrogens (tertiary/aromatic N) is 1. The summed E-state index contributed by atoms with van der Waals surface area (Å²) < 4.78 is 5.89. The van der Waals surface area contributed by atoms with Crippen LogP contribution >= 0.6 is 0 Å². The van der Waals surface area contributed by atoms with E-state index < -0.39 is 0 Å². The van der Waals surface area contributed by atoms with Gasteiger partial charge >= 0.3 is 6.03 Å². The maximum Gasteiger partial charge on any atom is 0.317 e. The van der Waals surface area contributed by atoms with E-state index in [1.807, 2.05) is 23.1 Å². The van der Waals surface area contributed by atoms with E-state index in [0.717, 1.165) is 44.5 Å². The average Bonchev–Trinajstić information content (AvgIpc) is 3.10. The lowest BCUT2D eigenvalue weighted by atomic mass is 9.90. The molecule has 2 amide bonds. The molecule has 0 spiro atoms. The summed E-state index contributed by atoms with van der Waals surface area (Å²) in [5, 5.41) is 3.06. The van der Waals surface area contributed by atoms with Gasteiger partial charge in [-0.25, -0.2) is 4.79 Å². The molecule has 0 unspecified atom stereocenters. The molecule has 0 aliphatic carbocycles. The van der Waals surface area contributed by atoms with Gasteiger partial charge in [0.15, 0.2) is 0 Å². The number of rotatable bonds is 4. The second-order valence-electron chi connectivity index (χ2n) is 7.36. The molecule has 26 heavy (non-hydrogen) atoms. The van der Waals surface area contributed by atoms with Gasteiger partial charge in [-0.2, -0.15) is 0 Å². The Bertz CT molecular complexity index is 714. The van der Waals surface area contributed by atoms with Crippen molar-refractivity contribution in [2.24, 2.45) is 5.92 Å². The number of ether oxygens (including phenoxy) is 1. The number of fused-ring (bicyclic) bond motifs is 1. The van der Waals surface area contributed by atoms with Gasteiger partial charge < -0.3 is 15.0 Å². The van der Waals surface area contributed by atoms with Crippen molar-refractivity contribution in [2.75, 3.05) is 19.6 Å². The summed E-state index contributed by atoms with van der Waals surface area (Å²) in [5.74, 6) is 1.63. The second-order valence-corrected chi connectivity index (χ2v) is 7.36. The fraction of sp³-hybridized carbons (Fsp3) is 0.409. The number of benzene rings is 2. The summed E-state index contributed by atoms with van der Waals surface area (Å²) in [6, 6.07) is 18.8. The highest BCUT2D eigenvalue weighted by atomic mass is 16.5. The quantitative estimate of drug-likeness (QED) is 0.914. The molecule has 136 valence electrons. The molecule has 4 nitrogen and oxygen atoms in total. The van der Waals surface area contributed by atoms with Crippen molar-refractivity contribution in [2.45, 2.75) is 31.8 Å². The monoisotopic (exact) mass is 350 g/mol. The smallest absolute Gasteiger partial charge is 0.317 e. The van der Waals surface area contributed by atoms with Crippen LogP contribution in [0.25, 0.3) is 0 Å². The molecular weight excluding hydrogens is 324 g/mol. The van der Waals surface area contributed by atoms with E-state index in [4.69, 9.17) is 4.74 Å². The fourth-order valence-corrected chi connectivity index (χ4v) is 3.97. The summed E-state index contributed by atoms with van der Waals surface area (Å²) in [6.07, 6.45) is 4.19. The van der Waals surface area contributed by atoms with Crippen LogP contribution in [0.4, 0.5) is 4.79 Å². The molecule has 0 aromatic heterocycles. The minimum absolute atomic E-state index is 0.0442. The van der Waals surface area contributed by atoms with Crippen molar-refractivity contribution in [3.63, 3.8) is 0 Å². The molecule has 2 aromatic rings. The van der Waals surface area contributed by atoms with Crippen molar-refractivity contribution < 1.29 is 9.53 Å². The number of carbonyl (C=O) groups is 1. The number of para-hydroxylation sites is 1. The molecule has 1 atom stereocenters. The molecule has 2 aromatic carbocycles. The van der Waals surface area contributed by atoms with Gasteiger partial charge in [0.1, 0.15) is 11.9 Å². The van der Waals surface area contributed by atoms with Gasteiger partial charge in [-0.15, -0.1) is 0 Å². The Hall–Kier alpha value is -2.49. The zero-order chi connectivity index (χ0) is 17.8. The molecule has 2 aliphatic rings. The first kappa shape index (κ1) is 17.0. The summed E-state index contributed by atoms with van der Waals surface area (Å²) in [5.41, 5.74) is 2.63. The Balaban J connectivity index is 1.20. The van der Waals surface area contributed by atoms with Gasteiger partial charge in [-0.1, -0.05) is 48.5 Å². The number of carbonyl (C=O) groups excluding carboxylic acids is 1. The Kier molecular flexibility index (Phi) is 5.09. The lowest BCUT2D eigenvalue weighted by molar-refractivity contribution is 0.162. The molecule has 0 radical (unpaired) electrons. The second kappa shape index (κ2) is 7.81. The predicted molar refractivity (Wildman–Crippen MR) is 102 cm³/mol. The highest BCUT2D eigenvalue weighted by Crippen LogP contribution is 2.28. The van der Waals surface area contributed by atoms with Gasteiger partial charge in [-0.05, 0) is 42.4 Å². The lowest BCUT2D eigenvalue weighted by Crippen LogP contribution is -2.47. The first-order chi connectivity index (χ1) is 12.8. The van der Waals surface area contributed by atoms with Gasteiger partial charge in [0.2, 0.25) is 0 Å². The van der Waals surface area contributed by atoms with Crippen molar-refractivity contribution in [3.05, 3.63) is 65.7 Å². The Morgan fingerprint density at radius 1 is 1.04 bits per heavy atom. The van der Waals surface area contributed by atoms with Crippen LogP contribution in [-0.2, 0) is 12.8 Å². The van der Waals surface area contributed by atoms with Crippen LogP contribution in [0.1, 0.15) is 24.0 Å². The molecule has 1 fully saturated rings. The molecule has 0 saturated carbocycles. The van der Waals surface area contributed by atoms with Crippen LogP contribution in [0.2, 0.25) is 0 Å². The van der Waals surface area contributed by atoms with Gasteiger partial charge in [0.05, 0.1) is 6.54 Å². The zero-order valence-electron chi connectivity index (χ0n) is 15.1. The van der Waals surface area contributed by atoms with Crippen LogP contribution in [0.15, 0.2) is 54.6 Å². The maximum atomic E-state index is 12.5. The molecule has 4 rings (SSSR count). The molecular formula is C22H26N2O2. The first-order valence-corrected chi connectivity index (χ1v) is 9.59. The maximum absolute atomic E-state index is 12.5. The molecule has 1 N–H and O–H groups in total. The Morgan fingerprint density at radius 3 is 2.54 bits per heavy atom. The third kappa shape index (κ3) is 4.01. The average molecular weight is 350 g/mol. The standard InChI is InChI=1S/C22H26N2O2/c25-22(23-16-20-15-19-8-4-5-9-21(19)26-20)24-12-10-18(11-13-24)14-17-6-2-1-3-7-17/h1-9,18,20H,10-16H2,(H,23,25)/t20-/m0/s1. The Morgan fingerprint density at radius 2 is 1.77 bits per heavy atom. The number of piperidine rings is 1. The van der Waals surface area contributed by atoms with Gasteiger partial charge in [0.25, 0.3) is 0 Å². The molecule has 0 bridgehead atoms. The highest BCUT2D eigenvalue weighted by Gasteiger charge is 2.26. The number of urea groups is 1. The van der Waals surface area contributed by atoms with Crippen LogP contribution in [0.3, 0.4) is 0 Å². The molecule has 2 aliphatic heterocycles. The SMILES string of the molecule is O=C(NC[C@@H]1Cc2ccccc2O1)N1CCC(Cc2ccccc2)CC1. The molecule has 2 heterocycles. The predicted octanol–water partition coefficient (Wildman–Crippen LogP) is 3.65. The summed E-state index contributed by atoms with van der Waals surface area (Å²) >= 11 is 0. The highest BCUT2D eigenvalue weighted by molar-refractivity contribution is 5.74. The van der Waals surface area contributed by atoms with Crippen molar-refractivity contribution in [3.8, 4) is 5.75 Å². The Labute approximate surface area is 155 Å². The van der Waals surface area contributed by atoms with Crippen LogP contribution < -0.4 is 10.1 Å². The fourth-order valence-electron chi connectivity index (χ4n) is 3.97. The molecule has 1 saturated heterocycles. The van der Waals surface area contributed by atoms with E-state index in [0.29, 0.717) is 12.5 Å². The topological polar surface area (TPSA) is 41.6 Å². The lowest BCUT2D eigenvalue weighted by Gasteiger charge is -2.32. The van der Waals surface area contributed by atoms with Crippen molar-refractivity contribution in [1.82, 2.24) is 10.2 Å². The summed E-state index contributed by atoms with van der Waals surface area (Å²) in [4.78, 5) is 14.4. The van der Waals surface area contributed by atoms with Gasteiger partial charge in [-0.3, -0.25) is 0 Å². The van der Waals surface area contributed by atoms with E-state index in [1.165, 1.54) is 11.1 Å². The largest absolute Gasteiger partial charge is 0.488 e. The van der Waals surface area contributed by atoms with E-state index in [9.17, 15) is 4.79 Å². The van der Waals surface area contributed by atoms with Gasteiger partial charge in [0, 0.05) is 19.5 Å². The zero-order valence-corrected chi connectivity index (χ0v) is 15.1. The number of amides is 2. The number of likely N-dealkylation sites (tertiary alicyclic amines) is 1. The summed E-state index contributed by atoms with van der Waals surface area (Å²) in [7, 11) is 0. The molecule has 4 heteroatoms. The normalized spacial score (nSPS) is 19.7. The van der Waals surface area contributed by atoms with E-state index in [-0.39, 0.29) is 12.1 Å². The number of hydrogen-bond acceptors (Lipinski definition) is 2. The summed E-state index contributed by atoms with van der Waals surface area (Å²) in [6.45, 7) is 2.25. The number of nitrogens with one attached hydrogen (secondary N) is 1. The van der Waals surface area contributed by atoms with Crippen molar-refractivity contribution in [1.29, 1.82) is 0 Å². The first-order valence-electron chi connectivity index (χ1n) is 9.59. The third-order valence-corrected chi connectivity index (χ3v) is 5.46. The van der Waals surface area contributed by atoms with E-state index >= 15 is 0 Å². The van der Waals surface area contributed by atoms with E-state index in [1.54, 1.807) is 0 Å². The van der Waals surface area contributed by atoms with Crippen LogP contribution in [-0.4, -0.2) is 36.7 Å². The number of hydrogen-bond donors (Lipinski definition) is 1. The van der Waals surface area contributed by atoms with Crippen LogP contribution in [0.5, 0.6) is 5.75 Å². The minimum atomic E-state index is 0.0442. The van der Waals surface area contributed by atoms with Crippen molar-refractivity contribution >= 4 is 6.03 Å². The van der Waals surface area contributed by atoms with E-state index in [2.05, 4.69) is 41.7 Å². The van der Waals surface area contributed by atoms with Crippen LogP contribution in [0, 0.1) is 5.92 Å².